The van der Waals surface area contributed by atoms with Crippen molar-refractivity contribution >= 4 is 170 Å². The second kappa shape index (κ2) is 17.7. The molecule has 0 N–H and O–H groups in total. The molecule has 87 heavy (non-hydrogen) atoms. The average Bonchev–Trinajstić information content (AvgIpc) is 0.839. The fourth-order valence-electron chi connectivity index (χ4n) is 16.0. The number of rotatable bonds is 4. The van der Waals surface area contributed by atoms with Crippen molar-refractivity contribution in [2.24, 2.45) is 0 Å². The van der Waals surface area contributed by atoms with Gasteiger partial charge in [0.2, 0.25) is 0 Å². The topological polar surface area (TPSA) is 31.4 Å². The van der Waals surface area contributed by atoms with Crippen molar-refractivity contribution in [2.75, 3.05) is 19.6 Å². The summed E-state index contributed by atoms with van der Waals surface area (Å²) in [7, 11) is 0. The predicted molar refractivity (Wildman–Crippen MR) is 365 cm³/mol. The number of fused-ring (bicyclic) bond motifs is 18. The Morgan fingerprint density at radius 2 is 0.506 bits per heavy atom. The van der Waals surface area contributed by atoms with Gasteiger partial charge >= 0.3 is 0 Å². The van der Waals surface area contributed by atoms with Gasteiger partial charge in [0.1, 0.15) is 23.0 Å². The van der Waals surface area contributed by atoms with Gasteiger partial charge in [0, 0.05) is 73.7 Å². The van der Waals surface area contributed by atoms with Crippen LogP contribution < -0.4 is 78.2 Å². The van der Waals surface area contributed by atoms with E-state index >= 15 is 0 Å². The highest BCUT2D eigenvalue weighted by atomic mass is 16.5. The third-order valence-electron chi connectivity index (χ3n) is 19.4. The Hall–Kier alpha value is -11.1. The minimum atomic E-state index is -0.111. The fourth-order valence-corrected chi connectivity index (χ4v) is 16.0. The van der Waals surface area contributed by atoms with Crippen LogP contribution in [0.3, 0.4) is 0 Å². The van der Waals surface area contributed by atoms with E-state index < -0.39 is 0 Å². The molecule has 14 aromatic carbocycles. The van der Waals surface area contributed by atoms with Gasteiger partial charge in [0.25, 0.3) is 20.1 Å². The van der Waals surface area contributed by atoms with Crippen LogP contribution in [0.15, 0.2) is 285 Å². The summed E-state index contributed by atoms with van der Waals surface area (Å²) in [5, 5.41) is 7.07. The Kier molecular flexibility index (Phi) is 9.61. The van der Waals surface area contributed by atoms with Gasteiger partial charge in [0.05, 0.1) is 0 Å². The smallest absolute Gasteiger partial charge is 0.260 e. The summed E-state index contributed by atoms with van der Waals surface area (Å²) in [6, 6.07) is 106. The highest BCUT2D eigenvalue weighted by Gasteiger charge is 2.47. The molecule has 0 saturated carbocycles. The Labute approximate surface area is 504 Å². The number of benzene rings is 14. The molecule has 6 heterocycles. The van der Waals surface area contributed by atoms with Crippen molar-refractivity contribution in [3.63, 3.8) is 0 Å². The van der Waals surface area contributed by atoms with E-state index in [0.29, 0.717) is 0 Å². The lowest BCUT2D eigenvalue weighted by molar-refractivity contribution is 0.465. The molecule has 9 heteroatoms. The first-order valence-corrected chi connectivity index (χ1v) is 30.2. The maximum absolute atomic E-state index is 7.22. The molecule has 14 aromatic rings. The van der Waals surface area contributed by atoms with Crippen LogP contribution in [0.1, 0.15) is 0 Å². The third kappa shape index (κ3) is 6.47. The molecule has 0 amide bonds. The van der Waals surface area contributed by atoms with E-state index in [0.717, 1.165) is 73.2 Å². The van der Waals surface area contributed by atoms with Crippen LogP contribution in [0.4, 0.5) is 68.2 Å². The van der Waals surface area contributed by atoms with Gasteiger partial charge in [-0.25, -0.2) is 0 Å². The standard InChI is InChI=1S/C78H47B3N4O2/c1-5-22-48(23-6-1)82-64-33-16-13-30-58(64)79-61-42-52-53-43-62-71(85(51-28-11-4-12-29-51)69-38-20-36-67-77(69)80(62)59-31-14-17-34-65(59)83(67)49-24-7-2-8-25-49)46-56(53)57-47-75-63(81-60-32-15-18-39-72(60)86-73-40-21-41-74(87-75)78(73)81)44-54(57)55(52)45-70(61)84(50-26-9-3-10-27-50)68-37-19-35-66(82)76(68)79/h1-47H. The number of para-hydroxylation sites is 7. The van der Waals surface area contributed by atoms with Gasteiger partial charge in [-0.05, 0) is 197 Å². The molecule has 0 atom stereocenters. The molecular formula is C78H47B3N4O2. The Morgan fingerprint density at radius 3 is 0.966 bits per heavy atom. The van der Waals surface area contributed by atoms with Crippen LogP contribution in [0.25, 0.3) is 32.3 Å². The van der Waals surface area contributed by atoms with Crippen molar-refractivity contribution in [1.29, 1.82) is 0 Å². The zero-order chi connectivity index (χ0) is 56.6. The van der Waals surface area contributed by atoms with Crippen molar-refractivity contribution < 1.29 is 9.47 Å². The summed E-state index contributed by atoms with van der Waals surface area (Å²) in [5.74, 6) is 3.40. The maximum atomic E-state index is 7.22. The van der Waals surface area contributed by atoms with E-state index in [2.05, 4.69) is 305 Å². The average molecular weight is 1100 g/mol. The molecular weight excluding hydrogens is 1060 g/mol. The zero-order valence-corrected chi connectivity index (χ0v) is 47.0. The van der Waals surface area contributed by atoms with Crippen LogP contribution >= 0.6 is 0 Å². The normalized spacial score (nSPS) is 14.0. The largest absolute Gasteiger partial charge is 0.458 e. The first-order chi connectivity index (χ1) is 43.2. The number of hydrogen-bond acceptors (Lipinski definition) is 6. The van der Waals surface area contributed by atoms with Crippen molar-refractivity contribution in [3.8, 4) is 23.0 Å². The summed E-state index contributed by atoms with van der Waals surface area (Å²) in [4.78, 5) is 10.0. The van der Waals surface area contributed by atoms with Crippen LogP contribution in [0, 0.1) is 0 Å². The second-order valence-corrected chi connectivity index (χ2v) is 23.8. The molecule has 20 rings (SSSR count). The lowest BCUT2D eigenvalue weighted by Crippen LogP contribution is -2.61. The van der Waals surface area contributed by atoms with Crippen molar-refractivity contribution in [2.45, 2.75) is 0 Å². The SMILES string of the molecule is c1ccc(N2c3ccccc3B3c4cc5c6cc7c(cc6c6cc8c(cc6c5cc4N(c4ccccc4)c4cccc2c43)Oc2cccc3c2B8c2ccccc2O3)N(c2ccccc2)c2cccc3c2B7c2ccccc2N3c2ccccc2)cc1. The highest BCUT2D eigenvalue weighted by Crippen LogP contribution is 2.50. The summed E-state index contributed by atoms with van der Waals surface area (Å²) in [6.45, 7) is -0.281. The van der Waals surface area contributed by atoms with Crippen molar-refractivity contribution in [1.82, 2.24) is 0 Å². The monoisotopic (exact) mass is 1100 g/mol. The third-order valence-corrected chi connectivity index (χ3v) is 19.4. The first kappa shape index (κ1) is 47.2. The van der Waals surface area contributed by atoms with Gasteiger partial charge in [0.15, 0.2) is 0 Å². The summed E-state index contributed by atoms with van der Waals surface area (Å²) in [5.41, 5.74) is 24.9. The molecule has 0 bridgehead atoms. The van der Waals surface area contributed by atoms with Gasteiger partial charge in [-0.3, -0.25) is 0 Å². The van der Waals surface area contributed by atoms with E-state index in [1.165, 1.54) is 99.5 Å². The van der Waals surface area contributed by atoms with Gasteiger partial charge in [-0.2, -0.15) is 0 Å². The van der Waals surface area contributed by atoms with Gasteiger partial charge < -0.3 is 29.1 Å². The zero-order valence-electron chi connectivity index (χ0n) is 47.0. The van der Waals surface area contributed by atoms with Crippen molar-refractivity contribution in [3.05, 3.63) is 285 Å². The predicted octanol–water partition coefficient (Wildman–Crippen LogP) is 14.0. The fraction of sp³-hybridized carbons (Fsp3) is 0. The molecule has 0 unspecified atom stereocenters. The minimum absolute atomic E-state index is 0.0848. The minimum Gasteiger partial charge on any atom is -0.458 e. The van der Waals surface area contributed by atoms with Crippen LogP contribution in [-0.4, -0.2) is 20.1 Å². The van der Waals surface area contributed by atoms with E-state index in [-0.39, 0.29) is 20.1 Å². The molecule has 0 aromatic heterocycles. The molecule has 0 fully saturated rings. The quantitative estimate of drug-likeness (QED) is 0.129. The van der Waals surface area contributed by atoms with E-state index in [1.54, 1.807) is 0 Å². The number of ether oxygens (including phenoxy) is 2. The summed E-state index contributed by atoms with van der Waals surface area (Å²) < 4.78 is 13.9. The molecule has 0 saturated heterocycles. The lowest BCUT2D eigenvalue weighted by atomic mass is 9.33. The Bertz CT molecular complexity index is 5300. The van der Waals surface area contributed by atoms with Gasteiger partial charge in [-0.1, -0.05) is 164 Å². The Morgan fingerprint density at radius 1 is 0.195 bits per heavy atom. The Balaban J connectivity index is 0.935. The molecule has 6 nitrogen and oxygen atoms in total. The molecule has 6 aliphatic rings. The molecule has 0 aliphatic carbocycles. The van der Waals surface area contributed by atoms with E-state index in [4.69, 9.17) is 9.47 Å². The van der Waals surface area contributed by atoms with E-state index in [9.17, 15) is 0 Å². The molecule has 400 valence electrons. The molecule has 0 spiro atoms. The molecule has 0 radical (unpaired) electrons. The second-order valence-electron chi connectivity index (χ2n) is 23.8. The number of hydrogen-bond donors (Lipinski definition) is 0. The van der Waals surface area contributed by atoms with Crippen LogP contribution in [0.2, 0.25) is 0 Å². The molecule has 6 aliphatic heterocycles. The lowest BCUT2D eigenvalue weighted by Gasteiger charge is -2.44. The van der Waals surface area contributed by atoms with Crippen LogP contribution in [0.5, 0.6) is 23.0 Å². The highest BCUT2D eigenvalue weighted by molar-refractivity contribution is 7.01. The number of nitrogens with zero attached hydrogens (tertiary/aromatic N) is 4. The van der Waals surface area contributed by atoms with E-state index in [1.807, 2.05) is 0 Å². The van der Waals surface area contributed by atoms with Crippen LogP contribution in [-0.2, 0) is 0 Å². The number of anilines is 12. The summed E-state index contributed by atoms with van der Waals surface area (Å²) in [6.07, 6.45) is 0. The first-order valence-electron chi connectivity index (χ1n) is 30.2. The van der Waals surface area contributed by atoms with Gasteiger partial charge in [-0.15, -0.1) is 0 Å². The maximum Gasteiger partial charge on any atom is 0.260 e. The summed E-state index contributed by atoms with van der Waals surface area (Å²) >= 11 is 0.